The molecule has 0 fully saturated rings. The van der Waals surface area contributed by atoms with Gasteiger partial charge in [0.15, 0.2) is 0 Å². The first-order valence-electron chi connectivity index (χ1n) is 6.26. The maximum Gasteiger partial charge on any atom is 0.309 e. The first-order valence-corrected chi connectivity index (χ1v) is 6.26. The minimum absolute atomic E-state index is 0.557. The zero-order valence-corrected chi connectivity index (χ0v) is 11.6. The number of benzene rings is 1. The minimum atomic E-state index is -0.755. The predicted molar refractivity (Wildman–Crippen MR) is 72.1 cm³/mol. The normalized spacial score (nSPS) is 14.0. The van der Waals surface area contributed by atoms with Crippen LogP contribution >= 0.6 is 0 Å². The molecule has 0 bridgehead atoms. The Kier molecular flexibility index (Phi) is 4.76. The fourth-order valence-corrected chi connectivity index (χ4v) is 1.67. The number of carbonyl (C=O) groups is 1. The fourth-order valence-electron chi connectivity index (χ4n) is 1.67. The third-order valence-electron chi connectivity index (χ3n) is 3.13. The van der Waals surface area contributed by atoms with Crippen molar-refractivity contribution in [1.82, 2.24) is 0 Å². The van der Waals surface area contributed by atoms with Gasteiger partial charge in [-0.05, 0) is 57.7 Å². The van der Waals surface area contributed by atoms with Gasteiger partial charge >= 0.3 is 5.97 Å². The lowest BCUT2D eigenvalue weighted by Crippen LogP contribution is -2.24. The van der Waals surface area contributed by atoms with Crippen molar-refractivity contribution in [3.63, 3.8) is 0 Å². The van der Waals surface area contributed by atoms with Crippen molar-refractivity contribution in [3.05, 3.63) is 29.3 Å². The number of aliphatic carboxylic acids is 1. The van der Waals surface area contributed by atoms with E-state index < -0.39 is 11.4 Å². The molecule has 0 spiro atoms. The molecule has 1 N–H and O–H groups in total. The zero-order chi connectivity index (χ0) is 13.8. The number of rotatable bonds is 6. The molecule has 0 heterocycles. The molecule has 1 aromatic rings. The van der Waals surface area contributed by atoms with Gasteiger partial charge < -0.3 is 9.84 Å². The van der Waals surface area contributed by atoms with E-state index in [2.05, 4.69) is 6.07 Å². The molecule has 3 heteroatoms. The van der Waals surface area contributed by atoms with Crippen LogP contribution in [0.5, 0.6) is 5.75 Å². The molecule has 0 aromatic heterocycles. The maximum absolute atomic E-state index is 10.9. The van der Waals surface area contributed by atoms with E-state index in [4.69, 9.17) is 9.84 Å². The van der Waals surface area contributed by atoms with Crippen molar-refractivity contribution in [2.24, 2.45) is 5.41 Å². The molecule has 1 atom stereocenters. The maximum atomic E-state index is 10.9. The van der Waals surface area contributed by atoms with Crippen molar-refractivity contribution >= 4 is 5.97 Å². The molecule has 18 heavy (non-hydrogen) atoms. The highest BCUT2D eigenvalue weighted by Crippen LogP contribution is 2.23. The molecule has 1 unspecified atom stereocenters. The highest BCUT2D eigenvalue weighted by Gasteiger charge is 2.26. The van der Waals surface area contributed by atoms with Crippen molar-refractivity contribution in [2.75, 3.05) is 6.61 Å². The number of carboxylic acids is 1. The Balaban J connectivity index is 2.43. The molecule has 1 rings (SSSR count). The summed E-state index contributed by atoms with van der Waals surface area (Å²) in [6, 6.07) is 6.10. The molecule has 0 aliphatic rings. The predicted octanol–water partition coefficient (Wildman–Crippen LogP) is 3.57. The Morgan fingerprint density at radius 3 is 2.78 bits per heavy atom. The molecule has 0 aliphatic carbocycles. The molecule has 0 saturated carbocycles. The average Bonchev–Trinajstić information content (AvgIpc) is 2.28. The summed E-state index contributed by atoms with van der Waals surface area (Å²) in [6.07, 6.45) is 1.36. The van der Waals surface area contributed by atoms with Crippen LogP contribution in [0.2, 0.25) is 0 Å². The average molecular weight is 232 g/mol. The first kappa shape index (κ1) is 14.6. The summed E-state index contributed by atoms with van der Waals surface area (Å²) >= 11 is 0. The Bertz CT molecular complexity index is 422. The van der Waals surface area contributed by atoms with Crippen LogP contribution in [0.15, 0.2) is 18.2 Å². The second kappa shape index (κ2) is 5.89. The van der Waals surface area contributed by atoms with Gasteiger partial charge in [-0.2, -0.15) is 0 Å². The second-order valence-corrected chi connectivity index (χ2v) is 5.41. The van der Waals surface area contributed by atoms with Gasteiger partial charge in [-0.1, -0.05) is 12.1 Å². The lowest BCUT2D eigenvalue weighted by Gasteiger charge is -2.19. The van der Waals surface area contributed by atoms with Crippen LogP contribution in [-0.2, 0) is 4.79 Å². The number of ether oxygens (including phenoxy) is 1. The first-order chi connectivity index (χ1) is 8.33. The quantitative estimate of drug-likeness (QED) is 0.763. The van der Waals surface area contributed by atoms with Gasteiger partial charge in [0, 0.05) is 0 Å². The summed E-state index contributed by atoms with van der Waals surface area (Å²) in [5.74, 6) is 0.136. The van der Waals surface area contributed by atoms with Gasteiger partial charge in [0.2, 0.25) is 0 Å². The molecular weight excluding hydrogens is 210 g/mol. The molecule has 0 saturated heterocycles. The highest BCUT2D eigenvalue weighted by atomic mass is 16.5. The fraction of sp³-hybridized carbons (Fsp3) is 0.533. The summed E-state index contributed by atoms with van der Waals surface area (Å²) < 4.78 is 5.70. The van der Waals surface area contributed by atoms with Gasteiger partial charge in [-0.25, -0.2) is 0 Å². The van der Waals surface area contributed by atoms with E-state index in [0.717, 1.165) is 17.7 Å². The van der Waals surface area contributed by atoms with Gasteiger partial charge in [-0.3, -0.25) is 4.79 Å². The third-order valence-corrected chi connectivity index (χ3v) is 3.13. The van der Waals surface area contributed by atoms with Crippen LogP contribution in [0.1, 0.15) is 37.8 Å². The Labute approximate surface area is 109 Å². The van der Waals surface area contributed by atoms with Crippen LogP contribution in [0, 0.1) is 19.3 Å². The summed E-state index contributed by atoms with van der Waals surface area (Å²) in [4.78, 5) is 10.9. The Hall–Kier alpha value is -1.51. The SMILES string of the molecule is Cc1ccc([3CH3])cc1OCCCC(C)([3CH3])C(=O)O. The summed E-state index contributed by atoms with van der Waals surface area (Å²) in [6.45, 7) is 8.08. The van der Waals surface area contributed by atoms with E-state index in [9.17, 15) is 4.79 Å². The molecule has 100 valence electrons. The molecular formula is C15H22O3. The number of carboxylic acid groups (broad SMARTS) is 1. The van der Waals surface area contributed by atoms with Crippen LogP contribution in [0.25, 0.3) is 0 Å². The lowest BCUT2D eigenvalue weighted by molar-refractivity contribution is -0.147. The van der Waals surface area contributed by atoms with Gasteiger partial charge in [-0.15, -0.1) is 0 Å². The van der Waals surface area contributed by atoms with Crippen molar-refractivity contribution in [3.8, 4) is 5.75 Å². The van der Waals surface area contributed by atoms with Crippen LogP contribution in [0.3, 0.4) is 0 Å². The molecule has 0 radical (unpaired) electrons. The molecule has 3 nitrogen and oxygen atoms in total. The van der Waals surface area contributed by atoms with Crippen LogP contribution in [-0.4, -0.2) is 17.7 Å². The smallest absolute Gasteiger partial charge is 0.309 e. The van der Waals surface area contributed by atoms with E-state index >= 15 is 0 Å². The Morgan fingerprint density at radius 2 is 2.17 bits per heavy atom. The number of hydrogen-bond donors (Lipinski definition) is 1. The topological polar surface area (TPSA) is 46.5 Å². The van der Waals surface area contributed by atoms with E-state index in [0.29, 0.717) is 13.0 Å². The van der Waals surface area contributed by atoms with E-state index in [1.165, 1.54) is 5.56 Å². The third kappa shape index (κ3) is 4.06. The molecule has 1 aromatic carbocycles. The van der Waals surface area contributed by atoms with Crippen molar-refractivity contribution < 1.29 is 14.6 Å². The van der Waals surface area contributed by atoms with Gasteiger partial charge in [0.25, 0.3) is 0 Å². The number of aryl methyl sites for hydroxylation is 2. The molecule has 0 aliphatic heterocycles. The standard InChI is InChI=1S/C15H22O3/c1-11-6-7-12(2)13(10-11)18-9-5-8-15(3,4)14(16)17/h6-7,10H,5,8-9H2,1-4H3,(H,16,17)/i1-9,3-9. The van der Waals surface area contributed by atoms with Crippen molar-refractivity contribution in [1.29, 1.82) is 0 Å². The summed E-state index contributed by atoms with van der Waals surface area (Å²) in [5, 5.41) is 9.00. The van der Waals surface area contributed by atoms with Crippen LogP contribution in [0.4, 0.5) is 0 Å². The largest absolute Gasteiger partial charge is 0.493 e. The monoisotopic (exact) mass is 232 g/mol. The van der Waals surface area contributed by atoms with Crippen molar-refractivity contribution in [2.45, 2.75) is 40.5 Å². The van der Waals surface area contributed by atoms with Gasteiger partial charge in [0.05, 0.1) is 12.0 Å². The number of hydrogen-bond acceptors (Lipinski definition) is 2. The zero-order valence-electron chi connectivity index (χ0n) is 11.6. The molecule has 0 amide bonds. The summed E-state index contributed by atoms with van der Waals surface area (Å²) in [7, 11) is 0. The van der Waals surface area contributed by atoms with Crippen LogP contribution < -0.4 is 4.74 Å². The lowest BCUT2D eigenvalue weighted by atomic mass is 2.89. The Morgan fingerprint density at radius 1 is 1.50 bits per heavy atom. The van der Waals surface area contributed by atoms with E-state index in [-0.39, 0.29) is 0 Å². The minimum Gasteiger partial charge on any atom is -0.493 e. The van der Waals surface area contributed by atoms with Gasteiger partial charge in [0.1, 0.15) is 5.75 Å². The second-order valence-electron chi connectivity index (χ2n) is 5.41. The van der Waals surface area contributed by atoms with E-state index in [1.807, 2.05) is 26.0 Å². The summed E-state index contributed by atoms with van der Waals surface area (Å²) in [5.41, 5.74) is 1.60. The van der Waals surface area contributed by atoms with E-state index in [1.54, 1.807) is 13.8 Å². The highest BCUT2D eigenvalue weighted by molar-refractivity contribution is 5.73.